The number of cyclic esters (lactones) is 1. The number of hydrogen-bond acceptors (Lipinski definition) is 21. The van der Waals surface area contributed by atoms with Crippen molar-refractivity contribution < 1.29 is 56.1 Å². The Morgan fingerprint density at radius 3 is 1.22 bits per heavy atom. The molecule has 23 heteroatoms. The Labute approximate surface area is 514 Å². The van der Waals surface area contributed by atoms with Gasteiger partial charge in [0.1, 0.15) is 47.0 Å². The Morgan fingerprint density at radius 2 is 1.04 bits per heavy atom. The van der Waals surface area contributed by atoms with Crippen LogP contribution in [-0.4, -0.2) is 185 Å². The molecule has 4 saturated carbocycles. The number of carbonyl (C=O) groups excluding carboxylic acids is 5. The molecule has 21 nitrogen and oxygen atoms in total. The molecule has 1 aromatic carbocycles. The third kappa shape index (κ3) is 54.6. The summed E-state index contributed by atoms with van der Waals surface area (Å²) in [7, 11) is -2.55. The number of sulfone groups is 1. The number of fused-ring (bicyclic) bond motifs is 1. The first-order valence-corrected chi connectivity index (χ1v) is 34.8. The second-order valence-electron chi connectivity index (χ2n) is 21.1. The number of thioether (sulfide) groups is 1. The number of ketones is 3. The van der Waals surface area contributed by atoms with Crippen LogP contribution < -0.4 is 46.9 Å². The van der Waals surface area contributed by atoms with Crippen molar-refractivity contribution in [1.82, 2.24) is 37.4 Å². The fraction of sp³-hybridized carbons (Fsp3) is 0.758. The number of benzene rings is 1. The summed E-state index contributed by atoms with van der Waals surface area (Å²) in [6, 6.07) is 7.70. The zero-order valence-corrected chi connectivity index (χ0v) is 53.1. The van der Waals surface area contributed by atoms with Gasteiger partial charge < -0.3 is 50.3 Å². The van der Waals surface area contributed by atoms with Crippen molar-refractivity contribution in [2.75, 3.05) is 135 Å². The third-order valence-corrected chi connectivity index (χ3v) is 15.7. The van der Waals surface area contributed by atoms with E-state index in [1.807, 2.05) is 36.0 Å². The van der Waals surface area contributed by atoms with Gasteiger partial charge in [-0.2, -0.15) is 0 Å². The van der Waals surface area contributed by atoms with Gasteiger partial charge in [-0.15, -0.1) is 11.8 Å². The van der Waals surface area contributed by atoms with Crippen LogP contribution in [-0.2, 0) is 48.0 Å². The fourth-order valence-electron chi connectivity index (χ4n) is 8.03. The molecule has 11 fully saturated rings. The van der Waals surface area contributed by atoms with E-state index in [0.29, 0.717) is 55.1 Å². The fourth-order valence-corrected chi connectivity index (χ4v) is 10.2. The van der Waals surface area contributed by atoms with Crippen LogP contribution in [0.5, 0.6) is 11.5 Å². The molecule has 486 valence electrons. The molecule has 16 rings (SSSR count). The van der Waals surface area contributed by atoms with E-state index in [4.69, 9.17) is 14.2 Å². The highest BCUT2D eigenvalue weighted by atomic mass is 32.2. The number of esters is 1. The number of rotatable bonds is 0. The van der Waals surface area contributed by atoms with Crippen molar-refractivity contribution in [2.45, 2.75) is 167 Å². The molecule has 15 aliphatic rings. The van der Waals surface area contributed by atoms with Crippen molar-refractivity contribution in [3.63, 3.8) is 0 Å². The summed E-state index contributed by atoms with van der Waals surface area (Å²) in [4.78, 5) is 58.5. The van der Waals surface area contributed by atoms with E-state index in [-0.39, 0.29) is 11.9 Å². The summed E-state index contributed by atoms with van der Waals surface area (Å²) in [5.41, 5.74) is 5.94. The van der Waals surface area contributed by atoms with Gasteiger partial charge >= 0.3 is 5.97 Å². The second-order valence-corrected chi connectivity index (χ2v) is 24.5. The van der Waals surface area contributed by atoms with Crippen LogP contribution in [0.15, 0.2) is 46.4 Å². The van der Waals surface area contributed by atoms with Crippen LogP contribution in [0.1, 0.15) is 167 Å². The smallest absolute Gasteiger partial charge is 0.305 e. The number of nitrogens with zero attached hydrogens (tertiary/aromatic N) is 2. The van der Waals surface area contributed by atoms with E-state index in [9.17, 15) is 32.4 Å². The van der Waals surface area contributed by atoms with Crippen LogP contribution in [0.25, 0.3) is 0 Å². The first kappa shape index (κ1) is 76.6. The van der Waals surface area contributed by atoms with Crippen LogP contribution in [0.4, 0.5) is 0 Å². The molecule has 85 heavy (non-hydrogen) atoms. The van der Waals surface area contributed by atoms with Crippen molar-refractivity contribution >= 4 is 63.6 Å². The van der Waals surface area contributed by atoms with Crippen LogP contribution in [0, 0.1) is 0 Å². The number of amides is 1. The van der Waals surface area contributed by atoms with Crippen LogP contribution in [0.3, 0.4) is 0 Å². The van der Waals surface area contributed by atoms with Gasteiger partial charge in [-0.3, -0.25) is 44.8 Å². The Balaban J connectivity index is 0.000000313. The normalized spacial score (nSPS) is 21.7. The van der Waals surface area contributed by atoms with Crippen molar-refractivity contribution in [1.29, 1.82) is 0 Å². The number of hydrogen-bond donors (Lipinski definition) is 7. The molecule has 7 N–H and O–H groups in total. The number of para-hydroxylation sites is 2. The molecule has 7 saturated heterocycles. The van der Waals surface area contributed by atoms with E-state index in [1.54, 1.807) is 6.34 Å². The zero-order valence-electron chi connectivity index (χ0n) is 51.5. The van der Waals surface area contributed by atoms with E-state index in [2.05, 4.69) is 69.0 Å². The number of nitrogens with one attached hydrogen (secondary N) is 7. The SMILES string of the molecule is C1=CCNC1.C1=NCCN1.C1=NCCO1.C1CC1.C1CCNC1.C1CCOC1.C1CNNC1.C1CSCN1.O=C1CCCC1.O=C1CCCC1.O=C1CCCC1.O=C1CCCN1.O=C1CCCO1.O=S1(=O)CCCC1.c1ccc2c(c1)OCCO2. The molecule has 0 atom stereocenters. The van der Waals surface area contributed by atoms with Gasteiger partial charge in [0.2, 0.25) is 5.91 Å². The molecule has 4 aliphatic carbocycles. The third-order valence-electron chi connectivity index (χ3n) is 13.0. The number of ether oxygens (including phenoxy) is 5. The minimum Gasteiger partial charge on any atom is -0.486 e. The lowest BCUT2D eigenvalue weighted by Gasteiger charge is -2.17. The lowest BCUT2D eigenvalue weighted by Crippen LogP contribution is -2.21. The van der Waals surface area contributed by atoms with Gasteiger partial charge in [0.15, 0.2) is 17.9 Å². The quantitative estimate of drug-likeness (QED) is 0.100. The van der Waals surface area contributed by atoms with Crippen LogP contribution >= 0.6 is 11.8 Å². The van der Waals surface area contributed by atoms with Gasteiger partial charge in [0.25, 0.3) is 0 Å². The van der Waals surface area contributed by atoms with Gasteiger partial charge in [0.05, 0.1) is 37.5 Å². The molecule has 0 radical (unpaired) electrons. The summed E-state index contributed by atoms with van der Waals surface area (Å²) < 4.78 is 45.6. The summed E-state index contributed by atoms with van der Waals surface area (Å²) in [6.45, 7) is 16.6. The molecular weight excluding hydrogens is 1130 g/mol. The second kappa shape index (κ2) is 57.3. The predicted octanol–water partition coefficient (Wildman–Crippen LogP) is 7.17. The van der Waals surface area contributed by atoms with E-state index in [1.165, 1.54) is 89.0 Å². The molecule has 0 unspecified atom stereocenters. The lowest BCUT2D eigenvalue weighted by atomic mass is 10.3. The number of hydrazine groups is 1. The first-order chi connectivity index (χ1) is 41.6. The number of Topliss-reactive ketones (excluding diaryl/α,β-unsaturated/α-hetero) is 3. The molecule has 0 bridgehead atoms. The Hall–Kier alpha value is -4.49. The Bertz CT molecular complexity index is 1710. The van der Waals surface area contributed by atoms with E-state index < -0.39 is 9.84 Å². The summed E-state index contributed by atoms with van der Waals surface area (Å²) in [6.07, 6.45) is 35.6. The van der Waals surface area contributed by atoms with Gasteiger partial charge in [-0.05, 0) is 122 Å². The molecule has 0 spiro atoms. The van der Waals surface area contributed by atoms with Crippen molar-refractivity contribution in [2.24, 2.45) is 9.98 Å². The highest BCUT2D eigenvalue weighted by Crippen LogP contribution is 2.28. The first-order valence-electron chi connectivity index (χ1n) is 31.9. The average molecular weight is 1240 g/mol. The van der Waals surface area contributed by atoms with Gasteiger partial charge in [-0.25, -0.2) is 8.42 Å². The van der Waals surface area contributed by atoms with Crippen LogP contribution in [0.2, 0.25) is 0 Å². The summed E-state index contributed by atoms with van der Waals surface area (Å²) in [5, 5.41) is 15.1. The largest absolute Gasteiger partial charge is 0.486 e. The van der Waals surface area contributed by atoms with Gasteiger partial charge in [-0.1, -0.05) is 43.5 Å². The molecule has 1 aromatic rings. The summed E-state index contributed by atoms with van der Waals surface area (Å²) >= 11 is 1.96. The standard InChI is InChI=1S/C8H8O2.3C5H8O.C4H7NO.C4H9N.C4H7N.C4H8O2S.C4H6O2.C4H8O.C3H6N2.C3H8N2.C3H5NO.C3H7NS.C3H6/c1-2-4-8-7(3-1)9-5-6-10-8;3*6-5-3-1-2-4-5;6-4-2-1-3-5-4;2*1-2-4-5-3-1;5-7(6)3-1-2-4-7;5-4-2-1-3-6-4;1-2-4-5-3-1;1-2-5-3-4-1;1-2-4-5-3-1;2*1-2-5-3-4-1;1-2-3-1/h1-4H,5-6H2;3*1-4H2;1-3H2,(H,5,6);5H,1-4H2;1-2,5H,3-4H2;1-4H2;1-3H2;1-4H2;3H,1-2H2,(H,4,5);4-5H,1-3H2;3H,1-2H2;4H,1-3H2;1-3H2. The molecule has 11 aliphatic heterocycles. The summed E-state index contributed by atoms with van der Waals surface area (Å²) in [5.74, 6) is 6.55. The highest BCUT2D eigenvalue weighted by Gasteiger charge is 2.16. The minimum absolute atomic E-state index is 0.0463. The predicted molar refractivity (Wildman–Crippen MR) is 343 cm³/mol. The number of aliphatic imine (C=N–C) groups is 2. The molecule has 11 heterocycles. The maximum Gasteiger partial charge on any atom is 0.305 e. The monoisotopic (exact) mass is 1240 g/mol. The van der Waals surface area contributed by atoms with E-state index >= 15 is 0 Å². The maximum absolute atomic E-state index is 10.4. The molecule has 1 amide bonds. The Kier molecular flexibility index (Phi) is 51.6. The zero-order chi connectivity index (χ0) is 61.0. The molecule has 0 aromatic heterocycles. The average Bonchev–Trinajstić information content (AvgIpc) is 4.38. The Morgan fingerprint density at radius 1 is 0.459 bits per heavy atom. The number of carbonyl (C=O) groups is 5. The maximum atomic E-state index is 10.4. The van der Waals surface area contributed by atoms with Gasteiger partial charge in [0, 0.05) is 122 Å². The highest BCUT2D eigenvalue weighted by molar-refractivity contribution is 7.99. The lowest BCUT2D eigenvalue weighted by molar-refractivity contribution is -0.138. The van der Waals surface area contributed by atoms with Crippen molar-refractivity contribution in [3.8, 4) is 11.5 Å². The van der Waals surface area contributed by atoms with Crippen molar-refractivity contribution in [3.05, 3.63) is 36.4 Å². The molecular formula is C62H109N9O12S2. The topological polar surface area (TPSA) is 275 Å². The minimum atomic E-state index is -2.55. The van der Waals surface area contributed by atoms with E-state index in [0.717, 1.165) is 193 Å².